The van der Waals surface area contributed by atoms with Crippen LogP contribution >= 0.6 is 0 Å². The summed E-state index contributed by atoms with van der Waals surface area (Å²) in [5.74, 6) is 0.211. The first kappa shape index (κ1) is 13.0. The Labute approximate surface area is 108 Å². The predicted molar refractivity (Wildman–Crippen MR) is 64.7 cm³/mol. The first-order valence-electron chi connectivity index (χ1n) is 5.45. The minimum atomic E-state index is -0.497. The molecule has 0 spiro atoms. The van der Waals surface area contributed by atoms with Gasteiger partial charge in [0.15, 0.2) is 5.75 Å². The lowest BCUT2D eigenvalue weighted by molar-refractivity contribution is -0.385. The van der Waals surface area contributed by atoms with Crippen molar-refractivity contribution in [2.45, 2.75) is 13.2 Å². The van der Waals surface area contributed by atoms with Gasteiger partial charge >= 0.3 is 5.69 Å². The Bertz CT molecular complexity index is 596. The van der Waals surface area contributed by atoms with E-state index in [-0.39, 0.29) is 18.0 Å². The smallest absolute Gasteiger partial charge is 0.311 e. The van der Waals surface area contributed by atoms with E-state index in [2.05, 4.69) is 10.3 Å². The summed E-state index contributed by atoms with van der Waals surface area (Å²) in [7, 11) is 1.38. The molecule has 1 N–H and O–H groups in total. The van der Waals surface area contributed by atoms with Crippen molar-refractivity contribution in [1.82, 2.24) is 15.0 Å². The van der Waals surface area contributed by atoms with E-state index in [1.165, 1.54) is 23.9 Å². The molecule has 0 aliphatic carbocycles. The minimum Gasteiger partial charge on any atom is -0.490 e. The first-order chi connectivity index (χ1) is 9.13. The van der Waals surface area contributed by atoms with Gasteiger partial charge in [0, 0.05) is 6.07 Å². The second kappa shape index (κ2) is 5.44. The van der Waals surface area contributed by atoms with Gasteiger partial charge in [-0.1, -0.05) is 11.3 Å². The van der Waals surface area contributed by atoms with Crippen molar-refractivity contribution >= 4 is 5.69 Å². The van der Waals surface area contributed by atoms with Crippen molar-refractivity contribution in [2.75, 3.05) is 7.11 Å². The second-order valence-corrected chi connectivity index (χ2v) is 3.83. The maximum absolute atomic E-state index is 10.9. The van der Waals surface area contributed by atoms with Crippen molar-refractivity contribution in [1.29, 1.82) is 0 Å². The molecular formula is C11H12N4O4. The van der Waals surface area contributed by atoms with Crippen molar-refractivity contribution in [3.05, 3.63) is 45.8 Å². The Kier molecular flexibility index (Phi) is 3.71. The molecule has 0 aliphatic heterocycles. The third kappa shape index (κ3) is 2.86. The van der Waals surface area contributed by atoms with Crippen LogP contribution < -0.4 is 4.74 Å². The summed E-state index contributed by atoms with van der Waals surface area (Å²) >= 11 is 0. The molecule has 0 aliphatic rings. The molecule has 0 saturated heterocycles. The van der Waals surface area contributed by atoms with Crippen LogP contribution in [0.5, 0.6) is 5.75 Å². The summed E-state index contributed by atoms with van der Waals surface area (Å²) in [5, 5.41) is 27.3. The van der Waals surface area contributed by atoms with Gasteiger partial charge < -0.3 is 9.84 Å². The average molecular weight is 264 g/mol. The molecule has 0 radical (unpaired) electrons. The Morgan fingerprint density at radius 1 is 1.53 bits per heavy atom. The standard InChI is InChI=1S/C11H12N4O4/c1-19-11-3-2-8(4-10(11)15(17)18)5-14-6-9(7-16)12-13-14/h2-4,6,16H,5,7H2,1H3. The summed E-state index contributed by atoms with van der Waals surface area (Å²) in [4.78, 5) is 10.4. The summed E-state index contributed by atoms with van der Waals surface area (Å²) < 4.78 is 6.42. The van der Waals surface area contributed by atoms with Gasteiger partial charge in [-0.05, 0) is 11.6 Å². The van der Waals surface area contributed by atoms with Gasteiger partial charge in [-0.15, -0.1) is 5.10 Å². The first-order valence-corrected chi connectivity index (χ1v) is 5.45. The molecule has 19 heavy (non-hydrogen) atoms. The van der Waals surface area contributed by atoms with Crippen LogP contribution in [0.3, 0.4) is 0 Å². The summed E-state index contributed by atoms with van der Waals surface area (Å²) in [6, 6.07) is 4.68. The minimum absolute atomic E-state index is 0.0949. The molecule has 0 saturated carbocycles. The van der Waals surface area contributed by atoms with Crippen LogP contribution in [0.15, 0.2) is 24.4 Å². The molecule has 8 heteroatoms. The van der Waals surface area contributed by atoms with Gasteiger partial charge in [0.05, 0.1) is 31.4 Å². The number of nitrogens with zero attached hydrogens (tertiary/aromatic N) is 4. The fourth-order valence-electron chi connectivity index (χ4n) is 1.65. The monoisotopic (exact) mass is 264 g/mol. The maximum Gasteiger partial charge on any atom is 0.311 e. The number of methoxy groups -OCH3 is 1. The lowest BCUT2D eigenvalue weighted by Gasteiger charge is -2.04. The molecule has 0 unspecified atom stereocenters. The number of nitro groups is 1. The van der Waals surface area contributed by atoms with Crippen molar-refractivity contribution in [2.24, 2.45) is 0 Å². The highest BCUT2D eigenvalue weighted by molar-refractivity contribution is 5.48. The fourth-order valence-corrected chi connectivity index (χ4v) is 1.65. The number of nitro benzene ring substituents is 1. The molecule has 100 valence electrons. The van der Waals surface area contributed by atoms with Crippen LogP contribution in [0, 0.1) is 10.1 Å². The quantitative estimate of drug-likeness (QED) is 0.631. The predicted octanol–water partition coefficient (Wildman–Crippen LogP) is 0.735. The van der Waals surface area contributed by atoms with Crippen LogP contribution in [-0.4, -0.2) is 32.1 Å². The van der Waals surface area contributed by atoms with E-state index < -0.39 is 4.92 Å². The molecule has 0 amide bonds. The van der Waals surface area contributed by atoms with E-state index >= 15 is 0 Å². The highest BCUT2D eigenvalue weighted by atomic mass is 16.6. The largest absolute Gasteiger partial charge is 0.490 e. The zero-order chi connectivity index (χ0) is 13.8. The average Bonchev–Trinajstić information content (AvgIpc) is 2.86. The van der Waals surface area contributed by atoms with Gasteiger partial charge in [-0.3, -0.25) is 10.1 Å². The molecule has 2 rings (SSSR count). The van der Waals surface area contributed by atoms with Crippen LogP contribution in [-0.2, 0) is 13.2 Å². The van der Waals surface area contributed by atoms with E-state index in [1.54, 1.807) is 12.3 Å². The van der Waals surface area contributed by atoms with Crippen molar-refractivity contribution in [3.8, 4) is 5.75 Å². The van der Waals surface area contributed by atoms with E-state index in [0.717, 1.165) is 0 Å². The maximum atomic E-state index is 10.9. The number of aromatic nitrogens is 3. The molecule has 1 heterocycles. The van der Waals surface area contributed by atoms with Gasteiger partial charge in [-0.2, -0.15) is 0 Å². The van der Waals surface area contributed by atoms with Gasteiger partial charge in [0.2, 0.25) is 0 Å². The molecule has 1 aromatic carbocycles. The Morgan fingerprint density at radius 3 is 2.89 bits per heavy atom. The number of hydrogen-bond donors (Lipinski definition) is 1. The Morgan fingerprint density at radius 2 is 2.32 bits per heavy atom. The van der Waals surface area contributed by atoms with Gasteiger partial charge in [0.25, 0.3) is 0 Å². The normalized spacial score (nSPS) is 10.4. The highest BCUT2D eigenvalue weighted by Crippen LogP contribution is 2.27. The molecule has 2 aromatic rings. The number of hydrogen-bond acceptors (Lipinski definition) is 6. The van der Waals surface area contributed by atoms with Crippen molar-refractivity contribution < 1.29 is 14.8 Å². The SMILES string of the molecule is COc1ccc(Cn2cc(CO)nn2)cc1[N+](=O)[O-]. The van der Waals surface area contributed by atoms with E-state index in [1.807, 2.05) is 0 Å². The number of benzene rings is 1. The highest BCUT2D eigenvalue weighted by Gasteiger charge is 2.15. The molecule has 8 nitrogen and oxygen atoms in total. The summed E-state index contributed by atoms with van der Waals surface area (Å²) in [5.41, 5.74) is 1.05. The van der Waals surface area contributed by atoms with Gasteiger partial charge in [-0.25, -0.2) is 4.68 Å². The lowest BCUT2D eigenvalue weighted by atomic mass is 10.2. The third-order valence-electron chi connectivity index (χ3n) is 2.53. The van der Waals surface area contributed by atoms with E-state index in [0.29, 0.717) is 17.8 Å². The van der Waals surface area contributed by atoms with E-state index in [4.69, 9.17) is 9.84 Å². The zero-order valence-electron chi connectivity index (χ0n) is 10.2. The van der Waals surface area contributed by atoms with Crippen LogP contribution in [0.2, 0.25) is 0 Å². The third-order valence-corrected chi connectivity index (χ3v) is 2.53. The number of ether oxygens (including phenoxy) is 1. The summed E-state index contributed by atoms with van der Waals surface area (Å²) in [6.07, 6.45) is 1.58. The van der Waals surface area contributed by atoms with Gasteiger partial charge in [0.1, 0.15) is 5.69 Å². The molecule has 0 atom stereocenters. The van der Waals surface area contributed by atoms with Crippen LogP contribution in [0.25, 0.3) is 0 Å². The molecule has 1 aromatic heterocycles. The van der Waals surface area contributed by atoms with Crippen LogP contribution in [0.1, 0.15) is 11.3 Å². The fraction of sp³-hybridized carbons (Fsp3) is 0.273. The topological polar surface area (TPSA) is 103 Å². The Hall–Kier alpha value is -2.48. The number of rotatable bonds is 5. The number of aliphatic hydroxyl groups is 1. The van der Waals surface area contributed by atoms with Crippen molar-refractivity contribution in [3.63, 3.8) is 0 Å². The molecule has 0 fully saturated rings. The molecule has 0 bridgehead atoms. The second-order valence-electron chi connectivity index (χ2n) is 3.83. The lowest BCUT2D eigenvalue weighted by Crippen LogP contribution is -2.02. The van der Waals surface area contributed by atoms with E-state index in [9.17, 15) is 10.1 Å². The Balaban J connectivity index is 2.25. The zero-order valence-corrected chi connectivity index (χ0v) is 10.2. The van der Waals surface area contributed by atoms with Crippen LogP contribution in [0.4, 0.5) is 5.69 Å². The molecular weight excluding hydrogens is 252 g/mol. The summed E-state index contributed by atoms with van der Waals surface area (Å²) in [6.45, 7) is 0.139. The number of aliphatic hydroxyl groups excluding tert-OH is 1.